The summed E-state index contributed by atoms with van der Waals surface area (Å²) in [6, 6.07) is 64.5. The van der Waals surface area contributed by atoms with Crippen LogP contribution >= 0.6 is 0 Å². The molecule has 0 amide bonds. The van der Waals surface area contributed by atoms with Gasteiger partial charge in [-0.15, -0.1) is 0 Å². The van der Waals surface area contributed by atoms with Gasteiger partial charge in [0.05, 0.1) is 27.8 Å². The van der Waals surface area contributed by atoms with Gasteiger partial charge in [-0.3, -0.25) is 4.57 Å². The summed E-state index contributed by atoms with van der Waals surface area (Å²) in [4.78, 5) is 11.3. The first-order valence-electron chi connectivity index (χ1n) is 21.7. The van der Waals surface area contributed by atoms with E-state index in [9.17, 15) is 0 Å². The molecule has 0 fully saturated rings. The number of benzene rings is 8. The molecule has 4 heterocycles. The molecule has 0 atom stereocenters. The molecule has 0 aliphatic heterocycles. The lowest BCUT2D eigenvalue weighted by molar-refractivity contribution is 0.623. The summed E-state index contributed by atoms with van der Waals surface area (Å²) in [6.07, 6.45) is 9.17. The smallest absolute Gasteiger partial charge is 0.235 e. The van der Waals surface area contributed by atoms with Gasteiger partial charge in [0.1, 0.15) is 11.3 Å². The van der Waals surface area contributed by atoms with E-state index in [1.54, 1.807) is 0 Å². The van der Waals surface area contributed by atoms with Crippen molar-refractivity contribution in [2.75, 3.05) is 0 Å². The van der Waals surface area contributed by atoms with Crippen molar-refractivity contribution in [1.82, 2.24) is 19.1 Å². The first kappa shape index (κ1) is 36.1. The minimum atomic E-state index is 0.556. The van der Waals surface area contributed by atoms with Gasteiger partial charge in [-0.1, -0.05) is 158 Å². The summed E-state index contributed by atoms with van der Waals surface area (Å²) >= 11 is 0. The zero-order chi connectivity index (χ0) is 42.3. The Morgan fingerprint density at radius 2 is 1.19 bits per heavy atom. The predicted octanol–water partition coefficient (Wildman–Crippen LogP) is 15.3. The summed E-state index contributed by atoms with van der Waals surface area (Å²) < 4.78 is 11.6. The Morgan fingerprint density at radius 3 is 2.05 bits per heavy atom. The predicted molar refractivity (Wildman–Crippen MR) is 265 cm³/mol. The van der Waals surface area contributed by atoms with Crippen LogP contribution in [0.4, 0.5) is 0 Å². The Morgan fingerprint density at radius 1 is 0.500 bits per heavy atom. The Bertz CT molecular complexity index is 3940. The summed E-state index contributed by atoms with van der Waals surface area (Å²) in [5, 5.41) is 7.63. The zero-order valence-electron chi connectivity index (χ0n) is 34.7. The lowest BCUT2D eigenvalue weighted by atomic mass is 9.96. The number of aromatic nitrogens is 4. The molecule has 5 nitrogen and oxygen atoms in total. The molecular formula is C59H38N4O. The Hall–Kier alpha value is -8.54. The molecule has 4 aromatic heterocycles. The van der Waals surface area contributed by atoms with E-state index in [1.807, 2.05) is 6.07 Å². The van der Waals surface area contributed by atoms with Crippen LogP contribution in [0.5, 0.6) is 0 Å². The molecule has 300 valence electrons. The normalized spacial score (nSPS) is 13.8. The maximum Gasteiger partial charge on any atom is 0.235 e. The quantitative estimate of drug-likeness (QED) is 0.166. The largest absolute Gasteiger partial charge is 0.454 e. The van der Waals surface area contributed by atoms with Crippen molar-refractivity contribution in [2.24, 2.45) is 0 Å². The van der Waals surface area contributed by atoms with Crippen molar-refractivity contribution in [3.05, 3.63) is 224 Å². The first-order valence-corrected chi connectivity index (χ1v) is 21.7. The number of para-hydroxylation sites is 3. The summed E-state index contributed by atoms with van der Waals surface area (Å²) in [6.45, 7) is 4.73. The highest BCUT2D eigenvalue weighted by Gasteiger charge is 2.29. The monoisotopic (exact) mass is 818 g/mol. The van der Waals surface area contributed by atoms with Crippen LogP contribution in [0.25, 0.3) is 116 Å². The summed E-state index contributed by atoms with van der Waals surface area (Å²) in [7, 11) is 0. The Kier molecular flexibility index (Phi) is 8.06. The fourth-order valence-electron chi connectivity index (χ4n) is 10.0. The van der Waals surface area contributed by atoms with Crippen LogP contribution in [0.15, 0.2) is 217 Å². The number of furan rings is 1. The second-order valence-electron chi connectivity index (χ2n) is 16.6. The molecule has 0 saturated heterocycles. The van der Waals surface area contributed by atoms with Crippen molar-refractivity contribution < 1.29 is 4.42 Å². The van der Waals surface area contributed by atoms with Gasteiger partial charge in [0.15, 0.2) is 5.76 Å². The molecular weight excluding hydrogens is 781 g/mol. The number of nitrogens with zero attached hydrogens (tertiary/aromatic N) is 4. The van der Waals surface area contributed by atoms with Crippen molar-refractivity contribution in [3.63, 3.8) is 0 Å². The van der Waals surface area contributed by atoms with E-state index < -0.39 is 0 Å². The lowest BCUT2D eigenvalue weighted by Crippen LogP contribution is -2.06. The minimum Gasteiger partial charge on any atom is -0.454 e. The minimum absolute atomic E-state index is 0.556. The van der Waals surface area contributed by atoms with E-state index in [0.29, 0.717) is 12.4 Å². The Labute approximate surface area is 368 Å². The maximum absolute atomic E-state index is 7.03. The standard InChI is InChI=1S/C59H38N4O/c1-37-17-5-2-10-26-46-45-25-14-16-28-53(45)64-58(46)57-54(37)49-35-40(38-18-6-3-7-19-38)30-33-52(49)63(57)59-60-55(47-32-29-39-20-11-12-23-43(39)56(47)61-59)41-31-34-51-48(36-41)44-24-13-15-27-50(44)62(51)42-21-8-4-9-22-42/h2-25,27-36H,1,26H2/b10-2-,17-5-. The number of fused-ring (bicyclic) bond motifs is 13. The topological polar surface area (TPSA) is 48.8 Å². The van der Waals surface area contributed by atoms with E-state index in [4.69, 9.17) is 21.0 Å². The number of hydrogen-bond donors (Lipinski definition) is 0. The molecule has 0 radical (unpaired) electrons. The highest BCUT2D eigenvalue weighted by atomic mass is 16.3. The number of rotatable bonds is 4. The summed E-state index contributed by atoms with van der Waals surface area (Å²) in [5.74, 6) is 1.34. The van der Waals surface area contributed by atoms with Gasteiger partial charge in [-0.2, -0.15) is 0 Å². The van der Waals surface area contributed by atoms with Crippen LogP contribution in [0.3, 0.4) is 0 Å². The molecule has 5 heteroatoms. The van der Waals surface area contributed by atoms with E-state index >= 15 is 0 Å². The van der Waals surface area contributed by atoms with Gasteiger partial charge in [0, 0.05) is 54.7 Å². The van der Waals surface area contributed by atoms with Gasteiger partial charge < -0.3 is 8.98 Å². The molecule has 0 spiro atoms. The molecule has 8 aromatic carbocycles. The molecule has 0 saturated carbocycles. The molecule has 1 aliphatic carbocycles. The number of hydrogen-bond acceptors (Lipinski definition) is 3. The lowest BCUT2D eigenvalue weighted by Gasteiger charge is -2.15. The van der Waals surface area contributed by atoms with Crippen molar-refractivity contribution >= 4 is 70.9 Å². The van der Waals surface area contributed by atoms with E-state index in [-0.39, 0.29) is 0 Å². The van der Waals surface area contributed by atoms with Crippen LogP contribution in [-0.2, 0) is 6.42 Å². The zero-order valence-corrected chi connectivity index (χ0v) is 34.7. The summed E-state index contributed by atoms with van der Waals surface area (Å²) in [5.41, 5.74) is 14.0. The average Bonchev–Trinajstić information content (AvgIpc) is 4.01. The van der Waals surface area contributed by atoms with Crippen LogP contribution in [0.2, 0.25) is 0 Å². The second-order valence-corrected chi connectivity index (χ2v) is 16.6. The van der Waals surface area contributed by atoms with Crippen LogP contribution < -0.4 is 0 Å². The highest BCUT2D eigenvalue weighted by molar-refractivity contribution is 6.14. The van der Waals surface area contributed by atoms with Crippen LogP contribution in [-0.4, -0.2) is 19.1 Å². The van der Waals surface area contributed by atoms with Crippen LogP contribution in [0.1, 0.15) is 11.1 Å². The van der Waals surface area contributed by atoms with E-state index in [0.717, 1.165) is 116 Å². The third-order valence-electron chi connectivity index (χ3n) is 12.9. The van der Waals surface area contributed by atoms with Crippen molar-refractivity contribution in [3.8, 4) is 45.5 Å². The maximum atomic E-state index is 7.03. The van der Waals surface area contributed by atoms with Gasteiger partial charge in [-0.25, -0.2) is 9.97 Å². The third kappa shape index (κ3) is 5.51. The van der Waals surface area contributed by atoms with Crippen molar-refractivity contribution in [1.29, 1.82) is 0 Å². The van der Waals surface area contributed by atoms with Gasteiger partial charge in [0.25, 0.3) is 0 Å². The molecule has 13 rings (SSSR count). The van der Waals surface area contributed by atoms with Gasteiger partial charge >= 0.3 is 0 Å². The van der Waals surface area contributed by atoms with Crippen LogP contribution in [0, 0.1) is 0 Å². The fourth-order valence-corrected chi connectivity index (χ4v) is 10.0. The van der Waals surface area contributed by atoms with Gasteiger partial charge in [-0.05, 0) is 83.1 Å². The first-order chi connectivity index (χ1) is 31.7. The molecule has 0 bridgehead atoms. The Balaban J connectivity index is 1.16. The highest BCUT2D eigenvalue weighted by Crippen LogP contribution is 2.46. The third-order valence-corrected chi connectivity index (χ3v) is 12.9. The fraction of sp³-hybridized carbons (Fsp3) is 0.0169. The number of allylic oxidation sites excluding steroid dienone is 5. The SMILES string of the molecule is C=C1/C=C\C=C/Cc2c(oc3ccccc23)-c2c1c1cc(-c3ccccc3)ccc1n2-c1nc(-c2ccc3c(c2)c2ccccc2n3-c2ccccc2)c2ccc3ccccc3c2n1. The van der Waals surface area contributed by atoms with Crippen molar-refractivity contribution in [2.45, 2.75) is 6.42 Å². The molecule has 64 heavy (non-hydrogen) atoms. The second kappa shape index (κ2) is 14.3. The molecule has 12 aromatic rings. The molecule has 0 N–H and O–H groups in total. The molecule has 0 unspecified atom stereocenters. The average molecular weight is 819 g/mol. The van der Waals surface area contributed by atoms with E-state index in [2.05, 4.69) is 209 Å². The van der Waals surface area contributed by atoms with Gasteiger partial charge in [0.2, 0.25) is 5.95 Å². The molecule has 1 aliphatic rings. The van der Waals surface area contributed by atoms with E-state index in [1.165, 1.54) is 5.39 Å².